The Labute approximate surface area is 158 Å². The number of ketones is 1. The largest absolute Gasteiger partial charge is 0.480 e. The zero-order valence-corrected chi connectivity index (χ0v) is 15.4. The minimum Gasteiger partial charge on any atom is -0.480 e. The second-order valence-corrected chi connectivity index (χ2v) is 9.21. The van der Waals surface area contributed by atoms with Gasteiger partial charge in [0.1, 0.15) is 11.8 Å². The first-order valence-electron chi connectivity index (χ1n) is 10.3. The first-order valence-corrected chi connectivity index (χ1v) is 10.3. The van der Waals surface area contributed by atoms with E-state index in [9.17, 15) is 15.2 Å². The summed E-state index contributed by atoms with van der Waals surface area (Å²) in [5.74, 6) is 1.40. The molecule has 3 fully saturated rings. The molecule has 1 spiro atoms. The standard InChI is InChI=1S/C22H24N2O3/c23-11-15-5-4-14-10-17-22(26)7-6-16(25)20-21(22,18(14)19(15)27-20)8-9-24(17)12-13-2-1-3-13/h4-5,13,17,20,26H,1-3,6-10,12H2/t17-,20+,21+,22-/m1/s1. The minimum atomic E-state index is -0.945. The van der Waals surface area contributed by atoms with Crippen molar-refractivity contribution in [2.45, 2.75) is 68.1 Å². The lowest BCUT2D eigenvalue weighted by molar-refractivity contribution is -0.190. The number of hydrogen-bond donors (Lipinski definition) is 1. The summed E-state index contributed by atoms with van der Waals surface area (Å²) in [7, 11) is 0. The summed E-state index contributed by atoms with van der Waals surface area (Å²) in [6, 6.07) is 6.12. The van der Waals surface area contributed by atoms with Crippen LogP contribution in [-0.4, -0.2) is 46.6 Å². The van der Waals surface area contributed by atoms with Gasteiger partial charge < -0.3 is 9.84 Å². The van der Waals surface area contributed by atoms with Crippen molar-refractivity contribution in [3.05, 3.63) is 28.8 Å². The van der Waals surface area contributed by atoms with E-state index in [0.29, 0.717) is 24.2 Å². The van der Waals surface area contributed by atoms with E-state index in [1.165, 1.54) is 19.3 Å². The molecule has 2 bridgehead atoms. The van der Waals surface area contributed by atoms with Gasteiger partial charge in [0, 0.05) is 24.6 Å². The number of benzene rings is 1. The van der Waals surface area contributed by atoms with Crippen molar-refractivity contribution < 1.29 is 14.6 Å². The summed E-state index contributed by atoms with van der Waals surface area (Å²) in [5, 5.41) is 21.7. The number of likely N-dealkylation sites (tertiary alicyclic amines) is 1. The van der Waals surface area contributed by atoms with Gasteiger partial charge in [0.2, 0.25) is 0 Å². The van der Waals surface area contributed by atoms with Crippen LogP contribution in [0, 0.1) is 17.2 Å². The molecular weight excluding hydrogens is 340 g/mol. The lowest BCUT2D eigenvalue weighted by Crippen LogP contribution is -2.76. The normalized spacial score (nSPS) is 39.3. The summed E-state index contributed by atoms with van der Waals surface area (Å²) in [6.07, 6.45) is 5.67. The van der Waals surface area contributed by atoms with Gasteiger partial charge >= 0.3 is 0 Å². The molecule has 6 rings (SSSR count). The highest BCUT2D eigenvalue weighted by Gasteiger charge is 2.73. The van der Waals surface area contributed by atoms with Gasteiger partial charge in [0.05, 0.1) is 16.6 Å². The monoisotopic (exact) mass is 364 g/mol. The zero-order valence-electron chi connectivity index (χ0n) is 15.4. The van der Waals surface area contributed by atoms with Crippen LogP contribution in [0.5, 0.6) is 5.75 Å². The lowest BCUT2D eigenvalue weighted by atomic mass is 9.49. The van der Waals surface area contributed by atoms with Crippen LogP contribution >= 0.6 is 0 Å². The molecule has 0 aromatic heterocycles. The molecule has 27 heavy (non-hydrogen) atoms. The lowest BCUT2D eigenvalue weighted by Gasteiger charge is -2.63. The van der Waals surface area contributed by atoms with Gasteiger partial charge in [0.25, 0.3) is 0 Å². The number of Topliss-reactive ketones (excluding diaryl/α,β-unsaturated/α-hetero) is 1. The van der Waals surface area contributed by atoms with Crippen LogP contribution in [0.25, 0.3) is 0 Å². The number of hydrogen-bond acceptors (Lipinski definition) is 5. The molecule has 1 saturated heterocycles. The first-order chi connectivity index (χ1) is 13.1. The van der Waals surface area contributed by atoms with Crippen molar-refractivity contribution in [2.75, 3.05) is 13.1 Å². The summed E-state index contributed by atoms with van der Waals surface area (Å²) in [5.41, 5.74) is 1.01. The van der Waals surface area contributed by atoms with Crippen molar-refractivity contribution in [2.24, 2.45) is 5.92 Å². The zero-order chi connectivity index (χ0) is 18.4. The third kappa shape index (κ3) is 1.75. The predicted octanol–water partition coefficient (Wildman–Crippen LogP) is 2.08. The van der Waals surface area contributed by atoms with Crippen LogP contribution in [0.2, 0.25) is 0 Å². The third-order valence-electron chi connectivity index (χ3n) is 8.23. The van der Waals surface area contributed by atoms with E-state index in [1.807, 2.05) is 12.1 Å². The Morgan fingerprint density at radius 1 is 1.33 bits per heavy atom. The molecule has 2 saturated carbocycles. The summed E-state index contributed by atoms with van der Waals surface area (Å²) in [4.78, 5) is 15.3. The average Bonchev–Trinajstić information content (AvgIpc) is 2.98. The van der Waals surface area contributed by atoms with Gasteiger partial charge in [-0.2, -0.15) is 5.26 Å². The van der Waals surface area contributed by atoms with Crippen molar-refractivity contribution >= 4 is 5.78 Å². The molecule has 0 radical (unpaired) electrons. The Hall–Kier alpha value is -1.90. The summed E-state index contributed by atoms with van der Waals surface area (Å²) >= 11 is 0. The van der Waals surface area contributed by atoms with E-state index in [2.05, 4.69) is 11.0 Å². The number of nitriles is 1. The van der Waals surface area contributed by atoms with Crippen LogP contribution in [0.1, 0.15) is 55.2 Å². The van der Waals surface area contributed by atoms with Crippen LogP contribution in [0.4, 0.5) is 0 Å². The number of nitrogens with zero attached hydrogens (tertiary/aromatic N) is 2. The maximum atomic E-state index is 12.8. The number of ether oxygens (including phenoxy) is 1. The second-order valence-electron chi connectivity index (χ2n) is 9.21. The quantitative estimate of drug-likeness (QED) is 0.870. The molecule has 1 aromatic rings. The first kappa shape index (κ1) is 16.1. The molecule has 5 aliphatic rings. The summed E-state index contributed by atoms with van der Waals surface area (Å²) in [6.45, 7) is 1.95. The SMILES string of the molecule is N#Cc1ccc2c3c1O[C@H]1C(=O)CC[C@@]4(O)[C@@H](C2)N(CC2CCC2)CC[C@]314. The van der Waals surface area contributed by atoms with Crippen molar-refractivity contribution in [1.29, 1.82) is 5.26 Å². The predicted molar refractivity (Wildman–Crippen MR) is 97.5 cm³/mol. The number of aliphatic hydroxyl groups is 1. The van der Waals surface area contributed by atoms with Crippen molar-refractivity contribution in [3.63, 3.8) is 0 Å². The van der Waals surface area contributed by atoms with Gasteiger partial charge in [-0.05, 0) is 56.2 Å². The van der Waals surface area contributed by atoms with Gasteiger partial charge in [-0.25, -0.2) is 0 Å². The molecule has 5 nitrogen and oxygen atoms in total. The third-order valence-corrected chi connectivity index (χ3v) is 8.23. The number of carbonyl (C=O) groups is 1. The fourth-order valence-corrected chi connectivity index (χ4v) is 6.74. The molecule has 1 aromatic carbocycles. The van der Waals surface area contributed by atoms with Crippen molar-refractivity contribution in [3.8, 4) is 11.8 Å². The summed E-state index contributed by atoms with van der Waals surface area (Å²) < 4.78 is 6.18. The van der Waals surface area contributed by atoms with Crippen LogP contribution < -0.4 is 4.74 Å². The molecule has 2 aliphatic heterocycles. The number of carbonyl (C=O) groups excluding carboxylic acids is 1. The van der Waals surface area contributed by atoms with Gasteiger partial charge in [-0.15, -0.1) is 0 Å². The van der Waals surface area contributed by atoms with E-state index in [0.717, 1.165) is 43.0 Å². The Balaban J connectivity index is 1.54. The maximum Gasteiger partial charge on any atom is 0.174 e. The van der Waals surface area contributed by atoms with E-state index in [1.54, 1.807) is 0 Å². The van der Waals surface area contributed by atoms with Crippen LogP contribution in [-0.2, 0) is 16.6 Å². The molecule has 2 heterocycles. The highest BCUT2D eigenvalue weighted by Crippen LogP contribution is 2.63. The second kappa shape index (κ2) is 5.12. The number of rotatable bonds is 2. The van der Waals surface area contributed by atoms with Gasteiger partial charge in [-0.3, -0.25) is 9.69 Å². The Bertz CT molecular complexity index is 902. The van der Waals surface area contributed by atoms with Gasteiger partial charge in [-0.1, -0.05) is 12.5 Å². The Morgan fingerprint density at radius 3 is 2.93 bits per heavy atom. The topological polar surface area (TPSA) is 73.6 Å². The molecule has 0 amide bonds. The van der Waals surface area contributed by atoms with Crippen molar-refractivity contribution in [1.82, 2.24) is 4.90 Å². The van der Waals surface area contributed by atoms with E-state index in [4.69, 9.17) is 4.74 Å². The highest BCUT2D eigenvalue weighted by molar-refractivity contribution is 5.90. The number of piperidine rings is 1. The van der Waals surface area contributed by atoms with E-state index in [-0.39, 0.29) is 11.8 Å². The average molecular weight is 364 g/mol. The molecule has 1 N–H and O–H groups in total. The molecule has 3 aliphatic carbocycles. The minimum absolute atomic E-state index is 0.0393. The van der Waals surface area contributed by atoms with E-state index >= 15 is 0 Å². The fraction of sp³-hybridized carbons (Fsp3) is 0.636. The molecule has 4 atom stereocenters. The Morgan fingerprint density at radius 2 is 2.19 bits per heavy atom. The van der Waals surface area contributed by atoms with Crippen LogP contribution in [0.3, 0.4) is 0 Å². The van der Waals surface area contributed by atoms with Crippen LogP contribution in [0.15, 0.2) is 12.1 Å². The fourth-order valence-electron chi connectivity index (χ4n) is 6.74. The van der Waals surface area contributed by atoms with E-state index < -0.39 is 17.1 Å². The molecule has 0 unspecified atom stereocenters. The molecule has 140 valence electrons. The maximum absolute atomic E-state index is 12.8. The smallest absolute Gasteiger partial charge is 0.174 e. The highest BCUT2D eigenvalue weighted by atomic mass is 16.5. The molecular formula is C22H24N2O3. The Kier molecular flexibility index (Phi) is 3.05. The van der Waals surface area contributed by atoms with Gasteiger partial charge in [0.15, 0.2) is 11.9 Å². The molecule has 5 heteroatoms.